The van der Waals surface area contributed by atoms with Crippen LogP contribution in [0.1, 0.15) is 10.4 Å². The second-order valence-corrected chi connectivity index (χ2v) is 1.86. The van der Waals surface area contributed by atoms with Crippen molar-refractivity contribution in [1.29, 1.82) is 0 Å². The average Bonchev–Trinajstić information content (AvgIpc) is 2.36. The number of hydrogen-bond donors (Lipinski definition) is 4. The molecule has 60 valence electrons. The molecule has 0 unspecified atom stereocenters. The zero-order chi connectivity index (χ0) is 8.27. The summed E-state index contributed by atoms with van der Waals surface area (Å²) in [5.74, 6) is -0.255. The van der Waals surface area contributed by atoms with E-state index in [0.717, 1.165) is 0 Å². The summed E-state index contributed by atoms with van der Waals surface area (Å²) < 4.78 is 0. The number of aliphatic hydroxyl groups is 1. The Morgan fingerprint density at radius 3 is 3.18 bits per heavy atom. The molecule has 0 spiro atoms. The number of hydrogen-bond acceptors (Lipinski definition) is 4. The monoisotopic (exact) mass is 156 g/mol. The molecular formula is C5H8N4O2. The van der Waals surface area contributed by atoms with E-state index in [1.165, 1.54) is 6.20 Å². The third-order valence-corrected chi connectivity index (χ3v) is 1.16. The maximum Gasteiger partial charge on any atom is 0.254 e. The quantitative estimate of drug-likeness (QED) is 0.415. The number of amides is 1. The molecule has 0 aliphatic carbocycles. The number of nitrogens with two attached hydrogens (primary N) is 1. The molecule has 0 fully saturated rings. The predicted molar refractivity (Wildman–Crippen MR) is 37.8 cm³/mol. The molecule has 0 aromatic carbocycles. The van der Waals surface area contributed by atoms with Gasteiger partial charge in [-0.15, -0.1) is 0 Å². The number of anilines is 1. The number of carbonyl (C=O) groups excluding carboxylic acids is 1. The van der Waals surface area contributed by atoms with E-state index in [1.54, 1.807) is 0 Å². The van der Waals surface area contributed by atoms with Crippen LogP contribution in [0.4, 0.5) is 5.82 Å². The van der Waals surface area contributed by atoms with E-state index in [4.69, 9.17) is 10.8 Å². The van der Waals surface area contributed by atoms with Gasteiger partial charge in [-0.2, -0.15) is 5.10 Å². The molecule has 6 heteroatoms. The Balaban J connectivity index is 2.87. The van der Waals surface area contributed by atoms with Gasteiger partial charge < -0.3 is 16.2 Å². The number of rotatable bonds is 3. The van der Waals surface area contributed by atoms with Crippen molar-refractivity contribution < 1.29 is 9.90 Å². The van der Waals surface area contributed by atoms with Gasteiger partial charge in [0.2, 0.25) is 0 Å². The Labute approximate surface area is 62.4 Å². The maximum absolute atomic E-state index is 10.6. The number of carbonyl (C=O) groups is 1. The first-order valence-corrected chi connectivity index (χ1v) is 2.93. The van der Waals surface area contributed by atoms with Crippen molar-refractivity contribution in [3.05, 3.63) is 11.8 Å². The van der Waals surface area contributed by atoms with Crippen molar-refractivity contribution >= 4 is 11.7 Å². The molecule has 1 heterocycles. The molecule has 0 aliphatic heterocycles. The van der Waals surface area contributed by atoms with Gasteiger partial charge in [-0.3, -0.25) is 9.89 Å². The van der Waals surface area contributed by atoms with Crippen LogP contribution < -0.4 is 11.1 Å². The molecule has 1 rings (SSSR count). The van der Waals surface area contributed by atoms with Crippen molar-refractivity contribution in [2.45, 2.75) is 0 Å². The largest absolute Gasteiger partial charge is 0.377 e. The minimum Gasteiger partial charge on any atom is -0.377 e. The second kappa shape index (κ2) is 3.02. The topological polar surface area (TPSA) is 104 Å². The highest BCUT2D eigenvalue weighted by atomic mass is 16.3. The Morgan fingerprint density at radius 2 is 2.64 bits per heavy atom. The minimum atomic E-state index is -0.588. The number of aliphatic hydroxyl groups excluding tert-OH is 1. The van der Waals surface area contributed by atoms with Crippen LogP contribution in [0, 0.1) is 0 Å². The molecule has 0 radical (unpaired) electrons. The zero-order valence-corrected chi connectivity index (χ0v) is 5.66. The van der Waals surface area contributed by atoms with Crippen molar-refractivity contribution in [2.24, 2.45) is 5.73 Å². The van der Waals surface area contributed by atoms with Gasteiger partial charge in [0.15, 0.2) is 0 Å². The van der Waals surface area contributed by atoms with Gasteiger partial charge in [-0.05, 0) is 0 Å². The first-order valence-electron chi connectivity index (χ1n) is 2.93. The van der Waals surface area contributed by atoms with Crippen molar-refractivity contribution in [3.63, 3.8) is 0 Å². The van der Waals surface area contributed by atoms with E-state index >= 15 is 0 Å². The van der Waals surface area contributed by atoms with E-state index in [2.05, 4.69) is 15.5 Å². The molecule has 6 nitrogen and oxygen atoms in total. The van der Waals surface area contributed by atoms with Gasteiger partial charge in [0.25, 0.3) is 5.91 Å². The summed E-state index contributed by atoms with van der Waals surface area (Å²) in [6.45, 7) is -0.275. The normalized spacial score (nSPS) is 9.55. The number of nitrogens with zero attached hydrogens (tertiary/aromatic N) is 1. The summed E-state index contributed by atoms with van der Waals surface area (Å²) in [7, 11) is 0. The third kappa shape index (κ3) is 1.47. The highest BCUT2D eigenvalue weighted by Crippen LogP contribution is 2.08. The lowest BCUT2D eigenvalue weighted by atomic mass is 10.3. The summed E-state index contributed by atoms with van der Waals surface area (Å²) in [6.07, 6.45) is 1.29. The molecule has 1 amide bonds. The highest BCUT2D eigenvalue weighted by molar-refractivity contribution is 5.97. The molecular weight excluding hydrogens is 148 g/mol. The summed E-state index contributed by atoms with van der Waals surface area (Å²) in [5, 5.41) is 16.9. The molecule has 1 aromatic heterocycles. The van der Waals surface area contributed by atoms with E-state index < -0.39 is 5.91 Å². The van der Waals surface area contributed by atoms with E-state index in [9.17, 15) is 4.79 Å². The van der Waals surface area contributed by atoms with Gasteiger partial charge in [0.1, 0.15) is 18.1 Å². The van der Waals surface area contributed by atoms with E-state index in [0.29, 0.717) is 5.82 Å². The van der Waals surface area contributed by atoms with Gasteiger partial charge in [0.05, 0.1) is 6.20 Å². The van der Waals surface area contributed by atoms with Crippen LogP contribution in [0.3, 0.4) is 0 Å². The molecule has 1 aromatic rings. The lowest BCUT2D eigenvalue weighted by Crippen LogP contribution is -2.13. The molecule has 0 atom stereocenters. The number of nitrogens with one attached hydrogen (secondary N) is 2. The fourth-order valence-electron chi connectivity index (χ4n) is 0.687. The summed E-state index contributed by atoms with van der Waals surface area (Å²) in [4.78, 5) is 10.6. The fraction of sp³-hybridized carbons (Fsp3) is 0.200. The zero-order valence-electron chi connectivity index (χ0n) is 5.66. The number of aromatic amines is 1. The highest BCUT2D eigenvalue weighted by Gasteiger charge is 2.08. The lowest BCUT2D eigenvalue weighted by Gasteiger charge is -1.98. The fourth-order valence-corrected chi connectivity index (χ4v) is 0.687. The van der Waals surface area contributed by atoms with Crippen LogP contribution in [-0.4, -0.2) is 27.9 Å². The Kier molecular flexibility index (Phi) is 2.07. The Bertz CT molecular complexity index is 257. The molecule has 0 aliphatic rings. The van der Waals surface area contributed by atoms with Crippen LogP contribution in [0.15, 0.2) is 6.20 Å². The standard InChI is InChI=1S/C5H8N4O2/c6-4(11)3-1-8-9-5(3)7-2-10/h1,10H,2H2,(H2,6,11)(H2,7,8,9). The third-order valence-electron chi connectivity index (χ3n) is 1.16. The molecule has 11 heavy (non-hydrogen) atoms. The molecule has 0 bridgehead atoms. The van der Waals surface area contributed by atoms with Gasteiger partial charge in [-0.1, -0.05) is 0 Å². The average molecular weight is 156 g/mol. The molecule has 0 saturated heterocycles. The van der Waals surface area contributed by atoms with Gasteiger partial charge >= 0.3 is 0 Å². The maximum atomic E-state index is 10.6. The Hall–Kier alpha value is -1.56. The smallest absolute Gasteiger partial charge is 0.254 e. The number of aromatic nitrogens is 2. The Morgan fingerprint density at radius 1 is 1.91 bits per heavy atom. The van der Waals surface area contributed by atoms with Crippen LogP contribution in [0.25, 0.3) is 0 Å². The predicted octanol–water partition coefficient (Wildman–Crippen LogP) is -1.13. The van der Waals surface area contributed by atoms with Crippen molar-refractivity contribution in [2.75, 3.05) is 12.0 Å². The van der Waals surface area contributed by atoms with Crippen LogP contribution in [-0.2, 0) is 0 Å². The molecule has 5 N–H and O–H groups in total. The van der Waals surface area contributed by atoms with E-state index in [-0.39, 0.29) is 12.3 Å². The summed E-state index contributed by atoms with van der Waals surface area (Å²) >= 11 is 0. The van der Waals surface area contributed by atoms with Crippen LogP contribution >= 0.6 is 0 Å². The SMILES string of the molecule is NC(=O)c1cn[nH]c1NCO. The van der Waals surface area contributed by atoms with Crippen molar-refractivity contribution in [1.82, 2.24) is 10.2 Å². The number of H-pyrrole nitrogens is 1. The lowest BCUT2D eigenvalue weighted by molar-refractivity contribution is 0.100. The van der Waals surface area contributed by atoms with Gasteiger partial charge in [0, 0.05) is 0 Å². The van der Waals surface area contributed by atoms with Crippen LogP contribution in [0.5, 0.6) is 0 Å². The first kappa shape index (κ1) is 7.55. The summed E-state index contributed by atoms with van der Waals surface area (Å²) in [6, 6.07) is 0. The van der Waals surface area contributed by atoms with Gasteiger partial charge in [-0.25, -0.2) is 0 Å². The minimum absolute atomic E-state index is 0.235. The number of primary amides is 1. The van der Waals surface area contributed by atoms with E-state index in [1.807, 2.05) is 0 Å². The second-order valence-electron chi connectivity index (χ2n) is 1.86. The summed E-state index contributed by atoms with van der Waals surface area (Å²) in [5.41, 5.74) is 5.20. The van der Waals surface area contributed by atoms with Crippen LogP contribution in [0.2, 0.25) is 0 Å². The van der Waals surface area contributed by atoms with Crippen molar-refractivity contribution in [3.8, 4) is 0 Å². The molecule has 0 saturated carbocycles. The first-order chi connectivity index (χ1) is 5.25.